The van der Waals surface area contributed by atoms with Gasteiger partial charge in [-0.25, -0.2) is 4.98 Å². The molecule has 1 N–H and O–H groups in total. The zero-order valence-corrected chi connectivity index (χ0v) is 19.3. The number of hydrogen-bond donors (Lipinski definition) is 1. The van der Waals surface area contributed by atoms with Crippen molar-refractivity contribution in [2.24, 2.45) is 0 Å². The highest BCUT2D eigenvalue weighted by Gasteiger charge is 2.34. The Morgan fingerprint density at radius 2 is 1.97 bits per heavy atom. The average molecular weight is 449 g/mol. The lowest BCUT2D eigenvalue weighted by atomic mass is 10.1. The molecule has 0 radical (unpaired) electrons. The van der Waals surface area contributed by atoms with E-state index in [9.17, 15) is 9.59 Å². The van der Waals surface area contributed by atoms with Gasteiger partial charge in [0.1, 0.15) is 11.0 Å². The number of nitrogens with zero attached hydrogens (tertiary/aromatic N) is 3. The van der Waals surface area contributed by atoms with Crippen LogP contribution in [0.1, 0.15) is 28.9 Å². The van der Waals surface area contributed by atoms with Gasteiger partial charge in [0.15, 0.2) is 0 Å². The molecule has 2 aromatic carbocycles. The predicted molar refractivity (Wildman–Crippen MR) is 129 cm³/mol. The Balaban J connectivity index is 1.33. The van der Waals surface area contributed by atoms with E-state index >= 15 is 0 Å². The molecule has 0 aliphatic carbocycles. The van der Waals surface area contributed by atoms with Gasteiger partial charge < -0.3 is 15.1 Å². The Bertz CT molecular complexity index is 1080. The van der Waals surface area contributed by atoms with Crippen molar-refractivity contribution in [3.8, 4) is 10.6 Å². The number of carbonyl (C=O) groups is 2. The van der Waals surface area contributed by atoms with Crippen molar-refractivity contribution in [2.45, 2.75) is 25.3 Å². The first-order chi connectivity index (χ1) is 15.5. The van der Waals surface area contributed by atoms with E-state index in [0.29, 0.717) is 31.5 Å². The molecular formula is C25H28N4O2S. The van der Waals surface area contributed by atoms with Crippen molar-refractivity contribution in [1.82, 2.24) is 15.2 Å². The standard InChI is InChI=1S/C25H28N4O2S/c1-28(2)21-11-6-10-19(16-21)25(31)29-15-7-12-22(29)23(30)26-14-13-20-17-32-24(27-20)18-8-4-3-5-9-18/h3-6,8-11,16-17,22H,7,12-15H2,1-2H3,(H,26,30). The fraction of sp³-hybridized carbons (Fsp3) is 0.320. The number of thiazole rings is 1. The van der Waals surface area contributed by atoms with Gasteiger partial charge in [0, 0.05) is 55.8 Å². The maximum absolute atomic E-state index is 13.1. The van der Waals surface area contributed by atoms with E-state index in [4.69, 9.17) is 0 Å². The number of amides is 2. The van der Waals surface area contributed by atoms with E-state index in [-0.39, 0.29) is 11.8 Å². The van der Waals surface area contributed by atoms with Gasteiger partial charge in [-0.3, -0.25) is 9.59 Å². The molecule has 1 fully saturated rings. The van der Waals surface area contributed by atoms with Gasteiger partial charge in [0.2, 0.25) is 5.91 Å². The van der Waals surface area contributed by atoms with Crippen LogP contribution in [0.5, 0.6) is 0 Å². The second-order valence-corrected chi connectivity index (χ2v) is 9.01. The van der Waals surface area contributed by atoms with Crippen molar-refractivity contribution in [1.29, 1.82) is 0 Å². The number of rotatable bonds is 7. The van der Waals surface area contributed by atoms with Crippen LogP contribution in [0.25, 0.3) is 10.6 Å². The van der Waals surface area contributed by atoms with Gasteiger partial charge in [0.25, 0.3) is 5.91 Å². The maximum atomic E-state index is 13.1. The third-order valence-corrected chi connectivity index (χ3v) is 6.62. The molecular weight excluding hydrogens is 420 g/mol. The minimum atomic E-state index is -0.416. The van der Waals surface area contributed by atoms with E-state index in [1.165, 1.54) is 0 Å². The van der Waals surface area contributed by atoms with E-state index in [2.05, 4.69) is 10.3 Å². The van der Waals surface area contributed by atoms with Crippen LogP contribution in [0.4, 0.5) is 5.69 Å². The molecule has 1 atom stereocenters. The highest BCUT2D eigenvalue weighted by Crippen LogP contribution is 2.24. The number of nitrogens with one attached hydrogen (secondary N) is 1. The topological polar surface area (TPSA) is 65.5 Å². The molecule has 1 saturated heterocycles. The van der Waals surface area contributed by atoms with Crippen molar-refractivity contribution in [3.63, 3.8) is 0 Å². The Hall–Kier alpha value is -3.19. The minimum absolute atomic E-state index is 0.0849. The molecule has 2 heterocycles. The van der Waals surface area contributed by atoms with E-state index in [1.807, 2.05) is 79.0 Å². The molecule has 7 heteroatoms. The zero-order chi connectivity index (χ0) is 22.5. The molecule has 3 aromatic rings. The SMILES string of the molecule is CN(C)c1cccc(C(=O)N2CCCC2C(=O)NCCc2csc(-c3ccccc3)n2)c1. The highest BCUT2D eigenvalue weighted by molar-refractivity contribution is 7.13. The van der Waals surface area contributed by atoms with Gasteiger partial charge in [0.05, 0.1) is 5.69 Å². The number of benzene rings is 2. The summed E-state index contributed by atoms with van der Waals surface area (Å²) in [6, 6.07) is 17.2. The molecule has 0 bridgehead atoms. The molecule has 0 spiro atoms. The van der Waals surface area contributed by atoms with Crippen LogP contribution in [0.3, 0.4) is 0 Å². The lowest BCUT2D eigenvalue weighted by molar-refractivity contribution is -0.124. The molecule has 1 aliphatic heterocycles. The number of aromatic nitrogens is 1. The second kappa shape index (κ2) is 9.96. The quantitative estimate of drug-likeness (QED) is 0.596. The van der Waals surface area contributed by atoms with Gasteiger partial charge in [-0.2, -0.15) is 0 Å². The normalized spacial score (nSPS) is 15.6. The van der Waals surface area contributed by atoms with E-state index < -0.39 is 6.04 Å². The van der Waals surface area contributed by atoms with Crippen LogP contribution >= 0.6 is 11.3 Å². The van der Waals surface area contributed by atoms with Gasteiger partial charge in [-0.05, 0) is 31.0 Å². The fourth-order valence-electron chi connectivity index (χ4n) is 3.93. The smallest absolute Gasteiger partial charge is 0.254 e. The molecule has 6 nitrogen and oxygen atoms in total. The van der Waals surface area contributed by atoms with Gasteiger partial charge in [-0.15, -0.1) is 11.3 Å². The Morgan fingerprint density at radius 1 is 1.16 bits per heavy atom. The fourth-order valence-corrected chi connectivity index (χ4v) is 4.79. The number of anilines is 1. The Kier molecular flexibility index (Phi) is 6.85. The first kappa shape index (κ1) is 22.0. The highest BCUT2D eigenvalue weighted by atomic mass is 32.1. The van der Waals surface area contributed by atoms with Crippen molar-refractivity contribution >= 4 is 28.8 Å². The van der Waals surface area contributed by atoms with Crippen LogP contribution in [-0.4, -0.2) is 54.9 Å². The number of likely N-dealkylation sites (tertiary alicyclic amines) is 1. The summed E-state index contributed by atoms with van der Waals surface area (Å²) in [4.78, 5) is 34.3. The van der Waals surface area contributed by atoms with Crippen LogP contribution in [0, 0.1) is 0 Å². The summed E-state index contributed by atoms with van der Waals surface area (Å²) < 4.78 is 0. The van der Waals surface area contributed by atoms with Gasteiger partial charge >= 0.3 is 0 Å². The molecule has 4 rings (SSSR count). The minimum Gasteiger partial charge on any atom is -0.378 e. The van der Waals surface area contributed by atoms with Gasteiger partial charge in [-0.1, -0.05) is 36.4 Å². The monoisotopic (exact) mass is 448 g/mol. The number of carbonyl (C=O) groups excluding carboxylic acids is 2. The summed E-state index contributed by atoms with van der Waals surface area (Å²) in [5, 5.41) is 6.04. The Morgan fingerprint density at radius 3 is 2.75 bits per heavy atom. The van der Waals surface area contributed by atoms with Crippen LogP contribution in [0.2, 0.25) is 0 Å². The first-order valence-electron chi connectivity index (χ1n) is 10.9. The molecule has 1 aromatic heterocycles. The third kappa shape index (κ3) is 4.99. The summed E-state index contributed by atoms with van der Waals surface area (Å²) in [6.07, 6.45) is 2.20. The molecule has 32 heavy (non-hydrogen) atoms. The van der Waals surface area contributed by atoms with Crippen LogP contribution < -0.4 is 10.2 Å². The van der Waals surface area contributed by atoms with Crippen molar-refractivity contribution < 1.29 is 9.59 Å². The van der Waals surface area contributed by atoms with E-state index in [1.54, 1.807) is 16.2 Å². The Labute approximate surface area is 192 Å². The summed E-state index contributed by atoms with van der Waals surface area (Å²) >= 11 is 1.61. The molecule has 1 aliphatic rings. The third-order valence-electron chi connectivity index (χ3n) is 5.68. The molecule has 1 unspecified atom stereocenters. The second-order valence-electron chi connectivity index (χ2n) is 8.15. The summed E-state index contributed by atoms with van der Waals surface area (Å²) in [5.41, 5.74) is 3.65. The average Bonchev–Trinajstić information content (AvgIpc) is 3.49. The van der Waals surface area contributed by atoms with Crippen molar-refractivity contribution in [3.05, 3.63) is 71.2 Å². The summed E-state index contributed by atoms with van der Waals surface area (Å²) in [5.74, 6) is -0.170. The maximum Gasteiger partial charge on any atom is 0.254 e. The number of hydrogen-bond acceptors (Lipinski definition) is 5. The molecule has 2 amide bonds. The summed E-state index contributed by atoms with van der Waals surface area (Å²) in [6.45, 7) is 1.11. The predicted octanol–water partition coefficient (Wildman–Crippen LogP) is 3.84. The lowest BCUT2D eigenvalue weighted by Gasteiger charge is -2.24. The van der Waals surface area contributed by atoms with Crippen molar-refractivity contribution in [2.75, 3.05) is 32.1 Å². The zero-order valence-electron chi connectivity index (χ0n) is 18.5. The largest absolute Gasteiger partial charge is 0.378 e. The van der Waals surface area contributed by atoms with Crippen LogP contribution in [-0.2, 0) is 11.2 Å². The van der Waals surface area contributed by atoms with Crippen LogP contribution in [0.15, 0.2) is 60.0 Å². The first-order valence-corrected chi connectivity index (χ1v) is 11.8. The molecule has 166 valence electrons. The van der Waals surface area contributed by atoms with E-state index in [0.717, 1.165) is 28.4 Å². The lowest BCUT2D eigenvalue weighted by Crippen LogP contribution is -2.46. The molecule has 0 saturated carbocycles. The summed E-state index contributed by atoms with van der Waals surface area (Å²) in [7, 11) is 3.89.